The second-order valence-corrected chi connectivity index (χ2v) is 6.63. The molecule has 5 aromatic rings. The molecule has 29 heavy (non-hydrogen) atoms. The number of nitrogens with zero attached hydrogens (tertiary/aromatic N) is 3. The first-order valence-corrected chi connectivity index (χ1v) is 9.16. The molecule has 0 saturated carbocycles. The normalized spacial score (nSPS) is 10.9. The summed E-state index contributed by atoms with van der Waals surface area (Å²) in [7, 11) is 0. The molecule has 140 valence electrons. The van der Waals surface area contributed by atoms with Crippen LogP contribution in [0.5, 0.6) is 0 Å². The Balaban J connectivity index is 1.38. The summed E-state index contributed by atoms with van der Waals surface area (Å²) < 4.78 is 12.9. The number of aromatic nitrogens is 4. The highest BCUT2D eigenvalue weighted by molar-refractivity contribution is 5.80. The third-order valence-electron chi connectivity index (χ3n) is 4.63. The molecule has 6 heteroatoms. The number of hydrogen-bond donors (Lipinski definition) is 2. The molecule has 2 N–H and O–H groups in total. The molecule has 0 aliphatic heterocycles. The van der Waals surface area contributed by atoms with Gasteiger partial charge in [0.2, 0.25) is 5.95 Å². The molecule has 0 aliphatic carbocycles. The Morgan fingerprint density at radius 3 is 2.38 bits per heavy atom. The summed E-state index contributed by atoms with van der Waals surface area (Å²) in [5.41, 5.74) is 6.36. The summed E-state index contributed by atoms with van der Waals surface area (Å²) in [5, 5.41) is 10.7. The van der Waals surface area contributed by atoms with Gasteiger partial charge in [-0.2, -0.15) is 4.39 Å². The van der Waals surface area contributed by atoms with Crippen LogP contribution in [0.15, 0.2) is 84.9 Å². The molecule has 2 aromatic heterocycles. The van der Waals surface area contributed by atoms with E-state index in [1.165, 1.54) is 6.07 Å². The first-order valence-electron chi connectivity index (χ1n) is 9.16. The molecule has 0 saturated heterocycles. The lowest BCUT2D eigenvalue weighted by Crippen LogP contribution is -1.93. The summed E-state index contributed by atoms with van der Waals surface area (Å²) in [5.74, 6) is 0.247. The zero-order valence-electron chi connectivity index (χ0n) is 15.3. The van der Waals surface area contributed by atoms with Crippen molar-refractivity contribution < 1.29 is 4.39 Å². The van der Waals surface area contributed by atoms with Crippen molar-refractivity contribution in [2.75, 3.05) is 5.32 Å². The Hall–Kier alpha value is -4.06. The van der Waals surface area contributed by atoms with Gasteiger partial charge < -0.3 is 10.3 Å². The molecule has 0 radical (unpaired) electrons. The lowest BCUT2D eigenvalue weighted by molar-refractivity contribution is 0.564. The summed E-state index contributed by atoms with van der Waals surface area (Å²) in [6, 6.07) is 26.7. The van der Waals surface area contributed by atoms with Gasteiger partial charge in [-0.1, -0.05) is 36.4 Å². The fourth-order valence-electron chi connectivity index (χ4n) is 3.19. The molecule has 5 nitrogen and oxygen atoms in total. The fourth-order valence-corrected chi connectivity index (χ4v) is 3.19. The molecule has 0 bridgehead atoms. The molecule has 2 heterocycles. The predicted molar refractivity (Wildman–Crippen MR) is 112 cm³/mol. The highest BCUT2D eigenvalue weighted by atomic mass is 19.1. The van der Waals surface area contributed by atoms with Crippen LogP contribution in [-0.4, -0.2) is 20.2 Å². The lowest BCUT2D eigenvalue weighted by Gasteiger charge is -2.08. The molecule has 5 rings (SSSR count). The SMILES string of the molecule is Fc1ccc(-c2ccc(Nc3cccc(-c4nc5ccccc5[nH]4)c3)cc2)nn1. The summed E-state index contributed by atoms with van der Waals surface area (Å²) >= 11 is 0. The van der Waals surface area contributed by atoms with Crippen LogP contribution in [-0.2, 0) is 0 Å². The Bertz CT molecular complexity index is 1240. The van der Waals surface area contributed by atoms with E-state index < -0.39 is 5.95 Å². The van der Waals surface area contributed by atoms with Crippen molar-refractivity contribution in [2.45, 2.75) is 0 Å². The summed E-state index contributed by atoms with van der Waals surface area (Å²) in [6.45, 7) is 0. The molecule has 0 atom stereocenters. The Morgan fingerprint density at radius 1 is 0.724 bits per heavy atom. The maximum absolute atomic E-state index is 12.9. The van der Waals surface area contributed by atoms with Gasteiger partial charge in [0.15, 0.2) is 0 Å². The molecular weight excluding hydrogens is 365 g/mol. The smallest absolute Gasteiger partial charge is 0.233 e. The summed E-state index contributed by atoms with van der Waals surface area (Å²) in [4.78, 5) is 8.01. The fraction of sp³-hybridized carbons (Fsp3) is 0. The number of benzene rings is 3. The zero-order valence-corrected chi connectivity index (χ0v) is 15.3. The monoisotopic (exact) mass is 381 g/mol. The maximum atomic E-state index is 12.9. The van der Waals surface area contributed by atoms with Crippen molar-refractivity contribution in [3.8, 4) is 22.6 Å². The van der Waals surface area contributed by atoms with Gasteiger partial charge in [0, 0.05) is 22.5 Å². The first kappa shape index (κ1) is 17.1. The second kappa shape index (κ2) is 7.16. The van der Waals surface area contributed by atoms with Gasteiger partial charge in [0.05, 0.1) is 16.7 Å². The standard InChI is InChI=1S/C23H16FN5/c24-22-13-12-19(28-29-22)15-8-10-17(11-9-15)25-18-5-3-4-16(14-18)23-26-20-6-1-2-7-21(20)27-23/h1-14,25H,(H,26,27). The van der Waals surface area contributed by atoms with Gasteiger partial charge in [-0.15, -0.1) is 10.2 Å². The Labute approximate surface area is 166 Å². The zero-order chi connectivity index (χ0) is 19.6. The average molecular weight is 381 g/mol. The number of hydrogen-bond acceptors (Lipinski definition) is 4. The maximum Gasteiger partial charge on any atom is 0.233 e. The van der Waals surface area contributed by atoms with E-state index in [0.29, 0.717) is 5.69 Å². The number of nitrogens with one attached hydrogen (secondary N) is 2. The minimum atomic E-state index is -0.587. The average Bonchev–Trinajstić information content (AvgIpc) is 3.20. The van der Waals surface area contributed by atoms with Crippen LogP contribution in [0.4, 0.5) is 15.8 Å². The van der Waals surface area contributed by atoms with E-state index in [1.807, 2.05) is 66.7 Å². The number of halogens is 1. The van der Waals surface area contributed by atoms with Crippen LogP contribution in [0.25, 0.3) is 33.7 Å². The quantitative estimate of drug-likeness (QED) is 0.427. The van der Waals surface area contributed by atoms with Crippen molar-refractivity contribution in [1.29, 1.82) is 0 Å². The van der Waals surface area contributed by atoms with E-state index in [4.69, 9.17) is 0 Å². The van der Waals surface area contributed by atoms with E-state index in [9.17, 15) is 4.39 Å². The third kappa shape index (κ3) is 3.55. The number of imidazole rings is 1. The first-order chi connectivity index (χ1) is 14.2. The Kier molecular flexibility index (Phi) is 4.22. The van der Waals surface area contributed by atoms with Crippen molar-refractivity contribution >= 4 is 22.4 Å². The van der Waals surface area contributed by atoms with Gasteiger partial charge in [0.1, 0.15) is 5.82 Å². The summed E-state index contributed by atoms with van der Waals surface area (Å²) in [6.07, 6.45) is 0. The van der Waals surface area contributed by atoms with Gasteiger partial charge in [-0.3, -0.25) is 0 Å². The topological polar surface area (TPSA) is 66.5 Å². The van der Waals surface area contributed by atoms with Crippen molar-refractivity contribution in [2.24, 2.45) is 0 Å². The van der Waals surface area contributed by atoms with Crippen LogP contribution in [0.2, 0.25) is 0 Å². The van der Waals surface area contributed by atoms with Crippen LogP contribution >= 0.6 is 0 Å². The minimum absolute atomic E-state index is 0.587. The Morgan fingerprint density at radius 2 is 1.59 bits per heavy atom. The van der Waals surface area contributed by atoms with E-state index in [-0.39, 0.29) is 0 Å². The van der Waals surface area contributed by atoms with Crippen molar-refractivity contribution in [3.05, 3.63) is 90.9 Å². The second-order valence-electron chi connectivity index (χ2n) is 6.63. The molecule has 0 spiro atoms. The number of H-pyrrole nitrogens is 1. The van der Waals surface area contributed by atoms with Gasteiger partial charge in [0.25, 0.3) is 0 Å². The highest BCUT2D eigenvalue weighted by Gasteiger charge is 2.06. The van der Waals surface area contributed by atoms with E-state index in [1.54, 1.807) is 6.07 Å². The number of aromatic amines is 1. The number of para-hydroxylation sites is 2. The van der Waals surface area contributed by atoms with Crippen LogP contribution in [0.3, 0.4) is 0 Å². The van der Waals surface area contributed by atoms with E-state index in [0.717, 1.165) is 39.4 Å². The largest absolute Gasteiger partial charge is 0.356 e. The highest BCUT2D eigenvalue weighted by Crippen LogP contribution is 2.26. The van der Waals surface area contributed by atoms with Crippen LogP contribution in [0.1, 0.15) is 0 Å². The third-order valence-corrected chi connectivity index (χ3v) is 4.63. The molecule has 0 fully saturated rings. The molecular formula is C23H16FN5. The molecule has 0 unspecified atom stereocenters. The van der Waals surface area contributed by atoms with Crippen molar-refractivity contribution in [1.82, 2.24) is 20.2 Å². The molecule has 0 aliphatic rings. The van der Waals surface area contributed by atoms with Gasteiger partial charge in [-0.05, 0) is 48.5 Å². The number of fused-ring (bicyclic) bond motifs is 1. The van der Waals surface area contributed by atoms with Gasteiger partial charge >= 0.3 is 0 Å². The predicted octanol–water partition coefficient (Wildman–Crippen LogP) is 5.57. The number of rotatable bonds is 4. The minimum Gasteiger partial charge on any atom is -0.356 e. The van der Waals surface area contributed by atoms with E-state index in [2.05, 4.69) is 31.5 Å². The van der Waals surface area contributed by atoms with E-state index >= 15 is 0 Å². The van der Waals surface area contributed by atoms with Gasteiger partial charge in [-0.25, -0.2) is 4.98 Å². The number of anilines is 2. The molecule has 3 aromatic carbocycles. The van der Waals surface area contributed by atoms with Crippen LogP contribution in [0, 0.1) is 5.95 Å². The lowest BCUT2D eigenvalue weighted by atomic mass is 10.1. The van der Waals surface area contributed by atoms with Crippen LogP contribution < -0.4 is 5.32 Å². The molecule has 0 amide bonds. The van der Waals surface area contributed by atoms with Crippen molar-refractivity contribution in [3.63, 3.8) is 0 Å².